The Balaban J connectivity index is 2.51. The number of halogens is 4. The van der Waals surface area contributed by atoms with Crippen molar-refractivity contribution < 1.29 is 17.6 Å². The molecule has 1 rings (SSSR count). The molecule has 0 aliphatic heterocycles. The summed E-state index contributed by atoms with van der Waals surface area (Å²) in [5.41, 5.74) is -3.48. The van der Waals surface area contributed by atoms with Gasteiger partial charge in [0, 0.05) is 18.3 Å². The zero-order valence-corrected chi connectivity index (χ0v) is 12.3. The van der Waals surface area contributed by atoms with E-state index in [1.807, 2.05) is 13.8 Å². The zero-order chi connectivity index (χ0) is 15.2. The van der Waals surface area contributed by atoms with Crippen LogP contribution < -0.4 is 5.32 Å². The van der Waals surface area contributed by atoms with Gasteiger partial charge < -0.3 is 5.32 Å². The molecule has 0 aromatic heterocycles. The Bertz CT molecular complexity index is 406. The van der Waals surface area contributed by atoms with E-state index >= 15 is 0 Å². The molecular formula is C14H19F4NS. The molecule has 1 nitrogen and oxygen atoms in total. The van der Waals surface area contributed by atoms with Crippen LogP contribution in [-0.2, 0) is 6.54 Å². The van der Waals surface area contributed by atoms with Crippen LogP contribution in [-0.4, -0.2) is 17.3 Å². The third-order valence-corrected chi connectivity index (χ3v) is 3.58. The second-order valence-corrected chi connectivity index (χ2v) is 6.18. The lowest BCUT2D eigenvalue weighted by Crippen LogP contribution is -2.33. The Morgan fingerprint density at radius 2 is 1.95 bits per heavy atom. The lowest BCUT2D eigenvalue weighted by Gasteiger charge is -2.21. The van der Waals surface area contributed by atoms with Gasteiger partial charge in [0.2, 0.25) is 0 Å². The average Bonchev–Trinajstić information content (AvgIpc) is 2.31. The van der Waals surface area contributed by atoms with Gasteiger partial charge in [0.15, 0.2) is 0 Å². The summed E-state index contributed by atoms with van der Waals surface area (Å²) in [6, 6.07) is 5.82. The van der Waals surface area contributed by atoms with Crippen LogP contribution in [0.15, 0.2) is 24.3 Å². The predicted octanol–water partition coefficient (Wildman–Crippen LogP) is 4.58. The number of rotatable bonds is 7. The van der Waals surface area contributed by atoms with E-state index in [4.69, 9.17) is 0 Å². The Morgan fingerprint density at radius 1 is 1.25 bits per heavy atom. The Morgan fingerprint density at radius 3 is 2.50 bits per heavy atom. The molecule has 1 aromatic rings. The smallest absolute Gasteiger partial charge is 0.309 e. The molecule has 0 spiro atoms. The second kappa shape index (κ2) is 7.88. The maximum atomic E-state index is 13.0. The van der Waals surface area contributed by atoms with Gasteiger partial charge in [-0.25, -0.2) is 4.39 Å². The van der Waals surface area contributed by atoms with E-state index in [1.54, 1.807) is 12.1 Å². The van der Waals surface area contributed by atoms with E-state index in [-0.39, 0.29) is 29.4 Å². The zero-order valence-electron chi connectivity index (χ0n) is 11.5. The highest BCUT2D eigenvalue weighted by molar-refractivity contribution is 8.00. The molecule has 0 aliphatic carbocycles. The first-order valence-corrected chi connectivity index (χ1v) is 7.43. The number of thioether (sulfide) groups is 1. The molecule has 1 N–H and O–H groups in total. The minimum atomic E-state index is -4.21. The van der Waals surface area contributed by atoms with Crippen molar-refractivity contribution in [1.29, 1.82) is 0 Å². The average molecular weight is 309 g/mol. The monoisotopic (exact) mass is 309 g/mol. The fraction of sp³-hybridized carbons (Fsp3) is 0.571. The second-order valence-electron chi connectivity index (χ2n) is 5.09. The van der Waals surface area contributed by atoms with Gasteiger partial charge in [-0.1, -0.05) is 26.0 Å². The fourth-order valence-electron chi connectivity index (χ4n) is 1.88. The molecule has 0 saturated carbocycles. The summed E-state index contributed by atoms with van der Waals surface area (Å²) in [5.74, 6) is -0.0694. The van der Waals surface area contributed by atoms with Crippen LogP contribution in [0.5, 0.6) is 0 Å². The van der Waals surface area contributed by atoms with E-state index in [0.29, 0.717) is 18.9 Å². The van der Waals surface area contributed by atoms with Gasteiger partial charge in [-0.15, -0.1) is 0 Å². The van der Waals surface area contributed by atoms with Crippen molar-refractivity contribution in [2.24, 2.45) is 5.92 Å². The minimum absolute atomic E-state index is 0.0146. The van der Waals surface area contributed by atoms with Gasteiger partial charge in [0.05, 0.1) is 0 Å². The normalized spacial score (nSPS) is 13.8. The van der Waals surface area contributed by atoms with Gasteiger partial charge in [0.1, 0.15) is 5.82 Å². The molecule has 0 heterocycles. The summed E-state index contributed by atoms with van der Waals surface area (Å²) in [5, 5.41) is 3.08. The summed E-state index contributed by atoms with van der Waals surface area (Å²) in [6.07, 6.45) is 0.651. The van der Waals surface area contributed by atoms with Crippen LogP contribution in [0.2, 0.25) is 0 Å². The summed E-state index contributed by atoms with van der Waals surface area (Å²) >= 11 is -0.0146. The van der Waals surface area contributed by atoms with Crippen LogP contribution in [0.25, 0.3) is 0 Å². The highest BCUT2D eigenvalue weighted by Gasteiger charge is 2.29. The van der Waals surface area contributed by atoms with Crippen LogP contribution in [0, 0.1) is 11.7 Å². The molecule has 114 valence electrons. The standard InChI is InChI=1S/C14H19F4NS/c1-10(2)6-13(9-20-14(16,17)18)19-8-11-4-3-5-12(15)7-11/h3-5,7,10,13,19H,6,8-9H2,1-2H3. The van der Waals surface area contributed by atoms with Crippen molar-refractivity contribution >= 4 is 11.8 Å². The number of alkyl halides is 3. The van der Waals surface area contributed by atoms with Gasteiger partial charge in [-0.2, -0.15) is 13.2 Å². The van der Waals surface area contributed by atoms with Gasteiger partial charge in [-0.3, -0.25) is 0 Å². The van der Waals surface area contributed by atoms with Crippen LogP contribution >= 0.6 is 11.8 Å². The Labute approximate surface area is 121 Å². The highest BCUT2D eigenvalue weighted by Crippen LogP contribution is 2.31. The number of nitrogens with one attached hydrogen (secondary N) is 1. The lowest BCUT2D eigenvalue weighted by atomic mass is 10.0. The van der Waals surface area contributed by atoms with E-state index in [9.17, 15) is 17.6 Å². The van der Waals surface area contributed by atoms with Crippen molar-refractivity contribution in [3.63, 3.8) is 0 Å². The molecule has 20 heavy (non-hydrogen) atoms. The quantitative estimate of drug-likeness (QED) is 0.740. The summed E-state index contributed by atoms with van der Waals surface area (Å²) in [7, 11) is 0. The lowest BCUT2D eigenvalue weighted by molar-refractivity contribution is -0.0329. The first-order chi connectivity index (χ1) is 9.26. The maximum absolute atomic E-state index is 13.0. The first kappa shape index (κ1) is 17.3. The molecule has 0 radical (unpaired) electrons. The highest BCUT2D eigenvalue weighted by atomic mass is 32.2. The minimum Gasteiger partial charge on any atom is -0.309 e. The largest absolute Gasteiger partial charge is 0.441 e. The fourth-order valence-corrected chi connectivity index (χ4v) is 2.53. The Kier molecular flexibility index (Phi) is 6.82. The number of hydrogen-bond donors (Lipinski definition) is 1. The van der Waals surface area contributed by atoms with Gasteiger partial charge in [0.25, 0.3) is 0 Å². The SMILES string of the molecule is CC(C)CC(CSC(F)(F)F)NCc1cccc(F)c1. The molecule has 0 saturated heterocycles. The summed E-state index contributed by atoms with van der Waals surface area (Å²) in [6.45, 7) is 4.30. The predicted molar refractivity (Wildman–Crippen MR) is 75.0 cm³/mol. The van der Waals surface area contributed by atoms with E-state index < -0.39 is 5.51 Å². The molecule has 1 atom stereocenters. The van der Waals surface area contributed by atoms with Crippen molar-refractivity contribution in [2.75, 3.05) is 5.75 Å². The Hall–Kier alpha value is -0.750. The molecule has 6 heteroatoms. The van der Waals surface area contributed by atoms with E-state index in [1.165, 1.54) is 12.1 Å². The summed E-state index contributed by atoms with van der Waals surface area (Å²) in [4.78, 5) is 0. The maximum Gasteiger partial charge on any atom is 0.441 e. The topological polar surface area (TPSA) is 12.0 Å². The molecular weight excluding hydrogens is 290 g/mol. The first-order valence-electron chi connectivity index (χ1n) is 6.45. The van der Waals surface area contributed by atoms with E-state index in [0.717, 1.165) is 5.56 Å². The van der Waals surface area contributed by atoms with Crippen molar-refractivity contribution in [3.8, 4) is 0 Å². The molecule has 0 fully saturated rings. The molecule has 1 aromatic carbocycles. The van der Waals surface area contributed by atoms with Crippen molar-refractivity contribution in [1.82, 2.24) is 5.32 Å². The summed E-state index contributed by atoms with van der Waals surface area (Å²) < 4.78 is 49.8. The molecule has 0 bridgehead atoms. The number of hydrogen-bond acceptors (Lipinski definition) is 2. The van der Waals surface area contributed by atoms with Gasteiger partial charge >= 0.3 is 5.51 Å². The molecule has 0 aliphatic rings. The van der Waals surface area contributed by atoms with Gasteiger partial charge in [-0.05, 0) is 41.8 Å². The van der Waals surface area contributed by atoms with Crippen LogP contribution in [0.1, 0.15) is 25.8 Å². The van der Waals surface area contributed by atoms with Crippen LogP contribution in [0.4, 0.5) is 17.6 Å². The third kappa shape index (κ3) is 7.75. The van der Waals surface area contributed by atoms with Crippen molar-refractivity contribution in [2.45, 2.75) is 38.4 Å². The third-order valence-electron chi connectivity index (χ3n) is 2.69. The molecule has 0 amide bonds. The molecule has 1 unspecified atom stereocenters. The van der Waals surface area contributed by atoms with E-state index in [2.05, 4.69) is 5.32 Å². The number of benzene rings is 1. The van der Waals surface area contributed by atoms with Crippen molar-refractivity contribution in [3.05, 3.63) is 35.6 Å². The van der Waals surface area contributed by atoms with Crippen LogP contribution in [0.3, 0.4) is 0 Å².